The number of amides is 2. The molecule has 130 valence electrons. The number of benzene rings is 1. The van der Waals surface area contributed by atoms with E-state index in [1.807, 2.05) is 66.2 Å². The van der Waals surface area contributed by atoms with E-state index in [4.69, 9.17) is 11.6 Å². The lowest BCUT2D eigenvalue weighted by molar-refractivity contribution is 0.237. The summed E-state index contributed by atoms with van der Waals surface area (Å²) < 4.78 is 1.98. The number of carbonyl (C=O) groups excluding carboxylic acids is 1. The Bertz CT molecular complexity index is 811. The van der Waals surface area contributed by atoms with Gasteiger partial charge in [-0.1, -0.05) is 36.7 Å². The number of hydrogen-bond donors (Lipinski definition) is 2. The van der Waals surface area contributed by atoms with Gasteiger partial charge < -0.3 is 15.0 Å². The molecule has 2 aromatic heterocycles. The summed E-state index contributed by atoms with van der Waals surface area (Å²) in [6.45, 7) is 2.57. The number of urea groups is 1. The smallest absolute Gasteiger partial charge is 0.315 e. The van der Waals surface area contributed by atoms with Gasteiger partial charge >= 0.3 is 6.03 Å². The minimum absolute atomic E-state index is 0.0348. The summed E-state index contributed by atoms with van der Waals surface area (Å²) in [6.07, 6.45) is 5.44. The molecule has 3 aromatic rings. The molecule has 1 unspecified atom stereocenters. The third kappa shape index (κ3) is 4.51. The number of pyridine rings is 1. The molecule has 25 heavy (non-hydrogen) atoms. The van der Waals surface area contributed by atoms with Crippen molar-refractivity contribution >= 4 is 23.3 Å². The Balaban J connectivity index is 1.50. The van der Waals surface area contributed by atoms with Gasteiger partial charge in [-0.15, -0.1) is 0 Å². The summed E-state index contributed by atoms with van der Waals surface area (Å²) in [4.78, 5) is 16.7. The minimum Gasteiger partial charge on any atom is -0.338 e. The summed E-state index contributed by atoms with van der Waals surface area (Å²) in [7, 11) is 0. The van der Waals surface area contributed by atoms with E-state index in [1.165, 1.54) is 0 Å². The van der Waals surface area contributed by atoms with Crippen molar-refractivity contribution < 1.29 is 4.79 Å². The molecule has 0 saturated heterocycles. The second-order valence-corrected chi connectivity index (χ2v) is 6.30. The lowest BCUT2D eigenvalue weighted by Crippen LogP contribution is -2.38. The molecule has 0 bridgehead atoms. The maximum Gasteiger partial charge on any atom is 0.315 e. The van der Waals surface area contributed by atoms with Gasteiger partial charge in [-0.3, -0.25) is 0 Å². The van der Waals surface area contributed by atoms with Crippen molar-refractivity contribution in [1.82, 2.24) is 20.0 Å². The van der Waals surface area contributed by atoms with E-state index in [1.54, 1.807) is 0 Å². The largest absolute Gasteiger partial charge is 0.338 e. The second-order valence-electron chi connectivity index (χ2n) is 5.86. The normalized spacial score (nSPS) is 12.1. The van der Waals surface area contributed by atoms with Crippen LogP contribution >= 0.6 is 11.6 Å². The molecule has 0 aliphatic carbocycles. The fraction of sp³-hybridized carbons (Fsp3) is 0.263. The van der Waals surface area contributed by atoms with Crippen LogP contribution in [0.15, 0.2) is 54.9 Å². The van der Waals surface area contributed by atoms with Crippen LogP contribution in [0.25, 0.3) is 5.65 Å². The first-order valence-electron chi connectivity index (χ1n) is 8.38. The summed E-state index contributed by atoms with van der Waals surface area (Å²) in [5.74, 6) is 0. The Hall–Kier alpha value is -2.53. The molecule has 1 atom stereocenters. The van der Waals surface area contributed by atoms with Crippen molar-refractivity contribution in [3.8, 4) is 0 Å². The zero-order valence-electron chi connectivity index (χ0n) is 14.1. The van der Waals surface area contributed by atoms with Gasteiger partial charge in [0.25, 0.3) is 0 Å². The molecular formula is C19H21ClN4O. The van der Waals surface area contributed by atoms with Crippen molar-refractivity contribution in [3.05, 3.63) is 71.1 Å². The highest BCUT2D eigenvalue weighted by molar-refractivity contribution is 6.30. The van der Waals surface area contributed by atoms with Crippen LogP contribution in [0, 0.1) is 0 Å². The van der Waals surface area contributed by atoms with Gasteiger partial charge in [0, 0.05) is 30.4 Å². The summed E-state index contributed by atoms with van der Waals surface area (Å²) >= 11 is 5.91. The molecular weight excluding hydrogens is 336 g/mol. The Morgan fingerprint density at radius 1 is 1.24 bits per heavy atom. The number of imidazole rings is 1. The van der Waals surface area contributed by atoms with Gasteiger partial charge in [0.15, 0.2) is 0 Å². The minimum atomic E-state index is -0.175. The molecule has 6 heteroatoms. The Morgan fingerprint density at radius 3 is 2.76 bits per heavy atom. The highest BCUT2D eigenvalue weighted by atomic mass is 35.5. The fourth-order valence-corrected chi connectivity index (χ4v) is 2.86. The maximum atomic E-state index is 12.1. The van der Waals surface area contributed by atoms with E-state index in [0.717, 1.165) is 23.3 Å². The van der Waals surface area contributed by atoms with Crippen molar-refractivity contribution in [2.75, 3.05) is 6.54 Å². The van der Waals surface area contributed by atoms with Gasteiger partial charge in [-0.2, -0.15) is 0 Å². The number of aromatic nitrogens is 2. The molecule has 5 nitrogen and oxygen atoms in total. The Morgan fingerprint density at radius 2 is 2.04 bits per heavy atom. The first kappa shape index (κ1) is 17.3. The highest BCUT2D eigenvalue weighted by Gasteiger charge is 2.12. The van der Waals surface area contributed by atoms with Crippen LogP contribution in [0.3, 0.4) is 0 Å². The predicted molar refractivity (Wildman–Crippen MR) is 99.9 cm³/mol. The summed E-state index contributed by atoms with van der Waals surface area (Å²) in [5.41, 5.74) is 2.91. The lowest BCUT2D eigenvalue weighted by Gasteiger charge is -2.18. The van der Waals surface area contributed by atoms with E-state index in [2.05, 4.69) is 15.6 Å². The van der Waals surface area contributed by atoms with Crippen LogP contribution in [0.1, 0.15) is 30.6 Å². The monoisotopic (exact) mass is 356 g/mol. The topological polar surface area (TPSA) is 58.4 Å². The molecule has 0 spiro atoms. The van der Waals surface area contributed by atoms with E-state index in [9.17, 15) is 4.79 Å². The van der Waals surface area contributed by atoms with Crippen molar-refractivity contribution in [1.29, 1.82) is 0 Å². The zero-order chi connectivity index (χ0) is 17.6. The molecule has 2 heterocycles. The molecule has 0 fully saturated rings. The van der Waals surface area contributed by atoms with Crippen LogP contribution in [0.4, 0.5) is 4.79 Å². The number of halogens is 1. The van der Waals surface area contributed by atoms with Crippen molar-refractivity contribution in [2.45, 2.75) is 25.8 Å². The maximum absolute atomic E-state index is 12.1. The molecule has 0 saturated carbocycles. The first-order valence-corrected chi connectivity index (χ1v) is 8.76. The first-order chi connectivity index (χ1) is 12.2. The number of rotatable bonds is 6. The van der Waals surface area contributed by atoms with Crippen LogP contribution in [-0.2, 0) is 6.42 Å². The van der Waals surface area contributed by atoms with Crippen LogP contribution < -0.4 is 10.6 Å². The molecule has 2 N–H and O–H groups in total. The average Bonchev–Trinajstić information content (AvgIpc) is 3.03. The lowest BCUT2D eigenvalue weighted by atomic mass is 10.1. The van der Waals surface area contributed by atoms with E-state index in [0.29, 0.717) is 18.0 Å². The quantitative estimate of drug-likeness (QED) is 0.701. The fourth-order valence-electron chi connectivity index (χ4n) is 2.74. The van der Waals surface area contributed by atoms with Gasteiger partial charge in [0.2, 0.25) is 0 Å². The van der Waals surface area contributed by atoms with E-state index >= 15 is 0 Å². The van der Waals surface area contributed by atoms with Crippen LogP contribution in [-0.4, -0.2) is 22.0 Å². The summed E-state index contributed by atoms with van der Waals surface area (Å²) in [5, 5.41) is 6.58. The third-order valence-corrected chi connectivity index (χ3v) is 4.32. The zero-order valence-corrected chi connectivity index (χ0v) is 14.8. The van der Waals surface area contributed by atoms with Crippen molar-refractivity contribution in [3.63, 3.8) is 0 Å². The van der Waals surface area contributed by atoms with E-state index < -0.39 is 0 Å². The van der Waals surface area contributed by atoms with Gasteiger partial charge in [0.1, 0.15) is 5.65 Å². The highest BCUT2D eigenvalue weighted by Crippen LogP contribution is 2.18. The standard InChI is InChI=1S/C19H21ClN4O/c1-2-17(14-6-8-15(20)9-7-14)23-19(25)21-11-10-16-13-24-12-4-3-5-18(24)22-16/h3-9,12-13,17H,2,10-11H2,1H3,(H2,21,23,25). The molecule has 1 aromatic carbocycles. The molecule has 0 aliphatic rings. The number of fused-ring (bicyclic) bond motifs is 1. The molecule has 0 radical (unpaired) electrons. The predicted octanol–water partition coefficient (Wildman–Crippen LogP) is 3.98. The van der Waals surface area contributed by atoms with E-state index in [-0.39, 0.29) is 12.1 Å². The second kappa shape index (κ2) is 8.03. The molecule has 0 aliphatic heterocycles. The number of nitrogens with zero attached hydrogens (tertiary/aromatic N) is 2. The Labute approximate surface area is 152 Å². The van der Waals surface area contributed by atoms with Gasteiger partial charge in [-0.25, -0.2) is 9.78 Å². The number of carbonyl (C=O) groups is 1. The number of hydrogen-bond acceptors (Lipinski definition) is 2. The van der Waals surface area contributed by atoms with Gasteiger partial charge in [-0.05, 0) is 36.2 Å². The van der Waals surface area contributed by atoms with Crippen molar-refractivity contribution in [2.24, 2.45) is 0 Å². The summed E-state index contributed by atoms with van der Waals surface area (Å²) in [6, 6.07) is 13.2. The molecule has 3 rings (SSSR count). The SMILES string of the molecule is CCC(NC(=O)NCCc1cn2ccccc2n1)c1ccc(Cl)cc1. The van der Waals surface area contributed by atoms with Crippen LogP contribution in [0.5, 0.6) is 0 Å². The Kier molecular flexibility index (Phi) is 5.56. The number of nitrogens with one attached hydrogen (secondary N) is 2. The average molecular weight is 357 g/mol. The van der Waals surface area contributed by atoms with Crippen LogP contribution in [0.2, 0.25) is 5.02 Å². The van der Waals surface area contributed by atoms with Gasteiger partial charge in [0.05, 0.1) is 11.7 Å². The molecule has 2 amide bonds. The third-order valence-electron chi connectivity index (χ3n) is 4.07.